The summed E-state index contributed by atoms with van der Waals surface area (Å²) in [5.41, 5.74) is 0.257. The van der Waals surface area contributed by atoms with Gasteiger partial charge in [0, 0.05) is 30.0 Å². The fourth-order valence-corrected chi connectivity index (χ4v) is 4.74. The van der Waals surface area contributed by atoms with Gasteiger partial charge in [-0.25, -0.2) is 4.39 Å². The number of amides is 1. The second-order valence-electron chi connectivity index (χ2n) is 7.08. The molecule has 2 N–H and O–H groups in total. The van der Waals surface area contributed by atoms with E-state index in [1.54, 1.807) is 0 Å². The molecule has 1 amide bonds. The van der Waals surface area contributed by atoms with E-state index in [4.69, 9.17) is 4.74 Å². The highest BCUT2D eigenvalue weighted by Crippen LogP contribution is 2.51. The first kappa shape index (κ1) is 14.9. The molecule has 1 aromatic carbocycles. The van der Waals surface area contributed by atoms with E-state index in [0.29, 0.717) is 23.9 Å². The number of carbonyl (C=O) groups is 1. The zero-order valence-electron chi connectivity index (χ0n) is 13.0. The van der Waals surface area contributed by atoms with Crippen LogP contribution in [0.1, 0.15) is 42.5 Å². The SMILES string of the molecule is O=C(N[C@H]1[C@@H]2CCO[C@@H]2[C@@H]1C1CCCC1)c1ccc(O)c(F)c1. The predicted octanol–water partition coefficient (Wildman–Crippen LogP) is 2.85. The van der Waals surface area contributed by atoms with E-state index in [1.807, 2.05) is 0 Å². The van der Waals surface area contributed by atoms with E-state index < -0.39 is 11.6 Å². The normalized spacial score (nSPS) is 33.3. The minimum atomic E-state index is -0.763. The van der Waals surface area contributed by atoms with Crippen molar-refractivity contribution >= 4 is 5.91 Å². The van der Waals surface area contributed by atoms with Crippen LogP contribution in [0.5, 0.6) is 5.75 Å². The topological polar surface area (TPSA) is 58.6 Å². The number of benzene rings is 1. The number of hydrogen-bond donors (Lipinski definition) is 2. The highest BCUT2D eigenvalue weighted by Gasteiger charge is 2.57. The number of carbonyl (C=O) groups excluding carboxylic acids is 1. The van der Waals surface area contributed by atoms with Gasteiger partial charge in [-0.15, -0.1) is 0 Å². The van der Waals surface area contributed by atoms with Crippen LogP contribution in [0.2, 0.25) is 0 Å². The van der Waals surface area contributed by atoms with Crippen molar-refractivity contribution in [3.63, 3.8) is 0 Å². The molecule has 1 saturated heterocycles. The number of phenolic OH excluding ortho intramolecular Hbond substituents is 1. The zero-order chi connectivity index (χ0) is 16.0. The van der Waals surface area contributed by atoms with Gasteiger partial charge in [-0.2, -0.15) is 0 Å². The molecule has 4 nitrogen and oxygen atoms in total. The van der Waals surface area contributed by atoms with Gasteiger partial charge in [0.25, 0.3) is 5.91 Å². The largest absolute Gasteiger partial charge is 0.505 e. The Morgan fingerprint density at radius 2 is 2.04 bits per heavy atom. The lowest BCUT2D eigenvalue weighted by molar-refractivity contribution is -0.0784. The Labute approximate surface area is 135 Å². The molecule has 1 aliphatic heterocycles. The van der Waals surface area contributed by atoms with Crippen molar-refractivity contribution in [1.82, 2.24) is 5.32 Å². The standard InChI is InChI=1S/C18H22FNO3/c19-13-9-11(5-6-14(13)21)18(22)20-16-12-7-8-23-17(12)15(16)10-3-1-2-4-10/h5-6,9-10,12,15-17,21H,1-4,7-8H2,(H,20,22)/t12-,15+,16-,17-/m0/s1. The summed E-state index contributed by atoms with van der Waals surface area (Å²) in [5, 5.41) is 12.4. The molecular formula is C18H22FNO3. The summed E-state index contributed by atoms with van der Waals surface area (Å²) in [5.74, 6) is -0.0279. The molecule has 2 saturated carbocycles. The minimum absolute atomic E-state index is 0.134. The summed E-state index contributed by atoms with van der Waals surface area (Å²) < 4.78 is 19.3. The van der Waals surface area contributed by atoms with E-state index in [1.165, 1.54) is 37.8 Å². The molecule has 23 heavy (non-hydrogen) atoms. The van der Waals surface area contributed by atoms with Crippen LogP contribution >= 0.6 is 0 Å². The minimum Gasteiger partial charge on any atom is -0.505 e. The molecule has 3 aliphatic rings. The molecule has 0 unspecified atom stereocenters. The number of aromatic hydroxyl groups is 1. The maximum atomic E-state index is 13.5. The lowest BCUT2D eigenvalue weighted by atomic mass is 9.61. The number of phenols is 1. The van der Waals surface area contributed by atoms with Crippen LogP contribution < -0.4 is 5.32 Å². The second-order valence-corrected chi connectivity index (χ2v) is 7.08. The first-order chi connectivity index (χ1) is 11.1. The fourth-order valence-electron chi connectivity index (χ4n) is 4.74. The number of hydrogen-bond acceptors (Lipinski definition) is 3. The highest BCUT2D eigenvalue weighted by molar-refractivity contribution is 5.94. The van der Waals surface area contributed by atoms with E-state index in [9.17, 15) is 14.3 Å². The molecule has 4 rings (SSSR count). The number of ether oxygens (including phenoxy) is 1. The summed E-state index contributed by atoms with van der Waals surface area (Å²) in [6, 6.07) is 3.91. The summed E-state index contributed by atoms with van der Waals surface area (Å²) in [6.45, 7) is 0.777. The van der Waals surface area contributed by atoms with Gasteiger partial charge in [0.15, 0.2) is 11.6 Å². The van der Waals surface area contributed by atoms with Gasteiger partial charge in [0.1, 0.15) is 0 Å². The second kappa shape index (κ2) is 5.78. The molecule has 0 radical (unpaired) electrons. The number of rotatable bonds is 3. The van der Waals surface area contributed by atoms with E-state index in [-0.39, 0.29) is 17.5 Å². The smallest absolute Gasteiger partial charge is 0.251 e. The van der Waals surface area contributed by atoms with E-state index in [2.05, 4.69) is 5.32 Å². The predicted molar refractivity (Wildman–Crippen MR) is 82.6 cm³/mol. The van der Waals surface area contributed by atoms with Crippen molar-refractivity contribution in [2.24, 2.45) is 17.8 Å². The van der Waals surface area contributed by atoms with Crippen LogP contribution in [0.3, 0.4) is 0 Å². The maximum absolute atomic E-state index is 13.5. The van der Waals surface area contributed by atoms with Crippen LogP contribution in [0, 0.1) is 23.6 Å². The average Bonchev–Trinajstić information content (AvgIpc) is 3.18. The molecular weight excluding hydrogens is 297 g/mol. The number of halogens is 1. The van der Waals surface area contributed by atoms with Gasteiger partial charge in [0.2, 0.25) is 0 Å². The van der Waals surface area contributed by atoms with Gasteiger partial charge in [-0.05, 0) is 30.5 Å². The Balaban J connectivity index is 1.49. The Morgan fingerprint density at radius 1 is 1.26 bits per heavy atom. The molecule has 3 fully saturated rings. The van der Waals surface area contributed by atoms with Crippen molar-refractivity contribution in [2.45, 2.75) is 44.2 Å². The molecule has 5 heteroatoms. The Morgan fingerprint density at radius 3 is 2.78 bits per heavy atom. The third-order valence-electron chi connectivity index (χ3n) is 5.89. The monoisotopic (exact) mass is 319 g/mol. The Hall–Kier alpha value is -1.62. The van der Waals surface area contributed by atoms with Gasteiger partial charge in [-0.3, -0.25) is 4.79 Å². The van der Waals surface area contributed by atoms with Crippen LogP contribution in [-0.4, -0.2) is 29.8 Å². The summed E-state index contributed by atoms with van der Waals surface area (Å²) >= 11 is 0. The number of fused-ring (bicyclic) bond motifs is 1. The third kappa shape index (κ3) is 2.51. The summed E-state index contributed by atoms with van der Waals surface area (Å²) in [6.07, 6.45) is 6.25. The van der Waals surface area contributed by atoms with Crippen LogP contribution in [0.4, 0.5) is 4.39 Å². The lowest BCUT2D eigenvalue weighted by Crippen LogP contribution is -2.63. The quantitative estimate of drug-likeness (QED) is 0.901. The molecule has 4 atom stereocenters. The molecule has 1 heterocycles. The van der Waals surface area contributed by atoms with Crippen LogP contribution in [0.15, 0.2) is 18.2 Å². The lowest BCUT2D eigenvalue weighted by Gasteiger charge is -2.50. The maximum Gasteiger partial charge on any atom is 0.251 e. The average molecular weight is 319 g/mol. The molecule has 0 spiro atoms. The number of nitrogens with one attached hydrogen (secondary N) is 1. The van der Waals surface area contributed by atoms with E-state index in [0.717, 1.165) is 19.1 Å². The molecule has 124 valence electrons. The molecule has 1 aromatic rings. The van der Waals surface area contributed by atoms with Crippen molar-refractivity contribution in [2.75, 3.05) is 6.61 Å². The first-order valence-corrected chi connectivity index (χ1v) is 8.56. The summed E-state index contributed by atoms with van der Waals surface area (Å²) in [4.78, 5) is 12.5. The Kier molecular flexibility index (Phi) is 3.76. The molecule has 0 aromatic heterocycles. The third-order valence-corrected chi connectivity index (χ3v) is 5.89. The van der Waals surface area contributed by atoms with E-state index >= 15 is 0 Å². The van der Waals surface area contributed by atoms with Crippen molar-refractivity contribution in [3.8, 4) is 5.75 Å². The first-order valence-electron chi connectivity index (χ1n) is 8.56. The van der Waals surface area contributed by atoms with Gasteiger partial charge in [-0.1, -0.05) is 25.7 Å². The van der Waals surface area contributed by atoms with Gasteiger partial charge >= 0.3 is 0 Å². The van der Waals surface area contributed by atoms with Crippen molar-refractivity contribution in [3.05, 3.63) is 29.6 Å². The highest BCUT2D eigenvalue weighted by atomic mass is 19.1. The van der Waals surface area contributed by atoms with Crippen molar-refractivity contribution in [1.29, 1.82) is 0 Å². The van der Waals surface area contributed by atoms with Gasteiger partial charge < -0.3 is 15.2 Å². The molecule has 2 aliphatic carbocycles. The zero-order valence-corrected chi connectivity index (χ0v) is 13.0. The summed E-state index contributed by atoms with van der Waals surface area (Å²) in [7, 11) is 0. The Bertz CT molecular complexity index is 610. The fraction of sp³-hybridized carbons (Fsp3) is 0.611. The van der Waals surface area contributed by atoms with Gasteiger partial charge in [0.05, 0.1) is 6.10 Å². The molecule has 0 bridgehead atoms. The van der Waals surface area contributed by atoms with Crippen molar-refractivity contribution < 1.29 is 19.0 Å². The van der Waals surface area contributed by atoms with Crippen LogP contribution in [-0.2, 0) is 4.74 Å². The van der Waals surface area contributed by atoms with Crippen LogP contribution in [0.25, 0.3) is 0 Å².